The van der Waals surface area contributed by atoms with Crippen LogP contribution < -0.4 is 10.0 Å². The maximum Gasteiger partial charge on any atom is 0.238 e. The molecule has 0 heterocycles. The minimum absolute atomic E-state index is 0.0311. The largest absolute Gasteiger partial charge is 0.312 e. The van der Waals surface area contributed by atoms with Gasteiger partial charge in [0.1, 0.15) is 0 Å². The van der Waals surface area contributed by atoms with Gasteiger partial charge in [0.15, 0.2) is 0 Å². The van der Waals surface area contributed by atoms with E-state index in [1.54, 1.807) is 17.0 Å². The number of nitrogens with two attached hydrogens (primary N) is 1. The summed E-state index contributed by atoms with van der Waals surface area (Å²) in [6.45, 7) is 1.97. The van der Waals surface area contributed by atoms with Crippen LogP contribution in [0.2, 0.25) is 0 Å². The zero-order valence-corrected chi connectivity index (χ0v) is 11.7. The Hall–Kier alpha value is -0.920. The maximum atomic E-state index is 11.4. The first kappa shape index (κ1) is 14.1. The second-order valence-electron chi connectivity index (χ2n) is 3.40. The van der Waals surface area contributed by atoms with Gasteiger partial charge in [0, 0.05) is 24.5 Å². The van der Waals surface area contributed by atoms with Gasteiger partial charge in [-0.05, 0) is 24.3 Å². The number of carbonyl (C=O) groups is 1. The molecule has 7 heteroatoms. The highest BCUT2D eigenvalue weighted by molar-refractivity contribution is 9.09. The van der Waals surface area contributed by atoms with E-state index in [1.807, 2.05) is 0 Å². The van der Waals surface area contributed by atoms with Crippen LogP contribution in [0.25, 0.3) is 0 Å². The number of alkyl halides is 1. The fourth-order valence-corrected chi connectivity index (χ4v) is 2.24. The van der Waals surface area contributed by atoms with Crippen molar-refractivity contribution in [2.24, 2.45) is 5.14 Å². The van der Waals surface area contributed by atoms with Gasteiger partial charge in [0.25, 0.3) is 0 Å². The van der Waals surface area contributed by atoms with Crippen molar-refractivity contribution in [3.8, 4) is 0 Å². The van der Waals surface area contributed by atoms with E-state index in [0.717, 1.165) is 0 Å². The summed E-state index contributed by atoms with van der Waals surface area (Å²) < 4.78 is 22.1. The fourth-order valence-electron chi connectivity index (χ4n) is 1.37. The second-order valence-corrected chi connectivity index (χ2v) is 5.75. The molecular weight excluding hydrogens is 308 g/mol. The van der Waals surface area contributed by atoms with Crippen LogP contribution in [0.3, 0.4) is 0 Å². The molecule has 1 rings (SSSR count). The molecule has 2 N–H and O–H groups in total. The third-order valence-electron chi connectivity index (χ3n) is 2.17. The minimum atomic E-state index is -3.69. The average Bonchev–Trinajstić information content (AvgIpc) is 2.24. The zero-order valence-electron chi connectivity index (χ0n) is 9.26. The molecule has 17 heavy (non-hydrogen) atoms. The Labute approximate surface area is 109 Å². The van der Waals surface area contributed by atoms with E-state index in [0.29, 0.717) is 17.6 Å². The molecule has 0 spiro atoms. The van der Waals surface area contributed by atoms with Gasteiger partial charge in [-0.25, -0.2) is 13.6 Å². The molecule has 1 aromatic rings. The molecule has 94 valence electrons. The van der Waals surface area contributed by atoms with Crippen LogP contribution in [-0.4, -0.2) is 26.2 Å². The van der Waals surface area contributed by atoms with Crippen molar-refractivity contribution in [2.45, 2.75) is 11.8 Å². The monoisotopic (exact) mass is 320 g/mol. The summed E-state index contributed by atoms with van der Waals surface area (Å²) in [4.78, 5) is 13.0. The minimum Gasteiger partial charge on any atom is -0.312 e. The molecule has 0 saturated heterocycles. The molecule has 0 aliphatic heterocycles. The third kappa shape index (κ3) is 3.79. The first-order valence-corrected chi connectivity index (χ1v) is 7.50. The van der Waals surface area contributed by atoms with E-state index in [1.165, 1.54) is 19.1 Å². The standard InChI is InChI=1S/C10H13BrN2O3S/c1-8(14)13(7-6-11)9-2-4-10(5-3-9)17(12,15)16/h2-5H,6-7H2,1H3,(H2,12,15,16). The molecule has 0 fully saturated rings. The van der Waals surface area contributed by atoms with E-state index in [-0.39, 0.29) is 10.8 Å². The number of halogens is 1. The highest BCUT2D eigenvalue weighted by Crippen LogP contribution is 2.17. The molecule has 0 radical (unpaired) electrons. The van der Waals surface area contributed by atoms with Crippen molar-refractivity contribution < 1.29 is 13.2 Å². The number of hydrogen-bond acceptors (Lipinski definition) is 3. The Morgan fingerprint density at radius 3 is 2.24 bits per heavy atom. The predicted molar refractivity (Wildman–Crippen MR) is 69.6 cm³/mol. The van der Waals surface area contributed by atoms with Crippen LogP contribution in [0.1, 0.15) is 6.92 Å². The number of rotatable bonds is 4. The van der Waals surface area contributed by atoms with Gasteiger partial charge in [0.2, 0.25) is 15.9 Å². The highest BCUT2D eigenvalue weighted by atomic mass is 79.9. The Balaban J connectivity index is 3.04. The molecular formula is C10H13BrN2O3S. The Bertz CT molecular complexity index is 499. The normalized spacial score (nSPS) is 11.2. The lowest BCUT2D eigenvalue weighted by Gasteiger charge is -2.20. The number of sulfonamides is 1. The van der Waals surface area contributed by atoms with E-state index in [4.69, 9.17) is 5.14 Å². The van der Waals surface area contributed by atoms with Gasteiger partial charge in [-0.3, -0.25) is 4.79 Å². The quantitative estimate of drug-likeness (QED) is 0.843. The topological polar surface area (TPSA) is 80.5 Å². The molecule has 0 bridgehead atoms. The van der Waals surface area contributed by atoms with Gasteiger partial charge >= 0.3 is 0 Å². The number of amides is 1. The van der Waals surface area contributed by atoms with Crippen LogP contribution in [0.4, 0.5) is 5.69 Å². The summed E-state index contributed by atoms with van der Waals surface area (Å²) in [5.41, 5.74) is 0.643. The highest BCUT2D eigenvalue weighted by Gasteiger charge is 2.12. The van der Waals surface area contributed by atoms with Gasteiger partial charge in [-0.2, -0.15) is 0 Å². The number of anilines is 1. The van der Waals surface area contributed by atoms with E-state index >= 15 is 0 Å². The predicted octanol–water partition coefficient (Wildman–Crippen LogP) is 1.08. The summed E-state index contributed by atoms with van der Waals surface area (Å²) in [6.07, 6.45) is 0. The Morgan fingerprint density at radius 1 is 1.35 bits per heavy atom. The van der Waals surface area contributed by atoms with Crippen LogP contribution in [-0.2, 0) is 14.8 Å². The maximum absolute atomic E-state index is 11.4. The summed E-state index contributed by atoms with van der Waals surface area (Å²) in [7, 11) is -3.69. The van der Waals surface area contributed by atoms with Crippen molar-refractivity contribution >= 4 is 37.5 Å². The molecule has 0 aliphatic carbocycles. The molecule has 0 unspecified atom stereocenters. The zero-order chi connectivity index (χ0) is 13.1. The number of benzene rings is 1. The summed E-state index contributed by atoms with van der Waals surface area (Å²) in [6, 6.07) is 5.89. The lowest BCUT2D eigenvalue weighted by Crippen LogP contribution is -2.30. The van der Waals surface area contributed by atoms with Crippen LogP contribution in [0.15, 0.2) is 29.2 Å². The second kappa shape index (κ2) is 5.61. The van der Waals surface area contributed by atoms with Gasteiger partial charge < -0.3 is 4.90 Å². The summed E-state index contributed by atoms with van der Waals surface area (Å²) in [5, 5.41) is 5.63. The Morgan fingerprint density at radius 2 is 1.88 bits per heavy atom. The van der Waals surface area contributed by atoms with Crippen molar-refractivity contribution in [3.05, 3.63) is 24.3 Å². The average molecular weight is 321 g/mol. The van der Waals surface area contributed by atoms with E-state index in [2.05, 4.69) is 15.9 Å². The molecule has 0 aliphatic rings. The number of carbonyl (C=O) groups excluding carboxylic acids is 1. The number of primary sulfonamides is 1. The number of nitrogens with zero attached hydrogens (tertiary/aromatic N) is 1. The molecule has 1 amide bonds. The van der Waals surface area contributed by atoms with E-state index < -0.39 is 10.0 Å². The van der Waals surface area contributed by atoms with Crippen molar-refractivity contribution in [2.75, 3.05) is 16.8 Å². The first-order valence-electron chi connectivity index (χ1n) is 4.83. The lowest BCUT2D eigenvalue weighted by molar-refractivity contribution is -0.116. The molecule has 0 aromatic heterocycles. The number of hydrogen-bond donors (Lipinski definition) is 1. The van der Waals surface area contributed by atoms with Gasteiger partial charge in [-0.15, -0.1) is 0 Å². The SMILES string of the molecule is CC(=O)N(CCBr)c1ccc(S(N)(=O)=O)cc1. The van der Waals surface area contributed by atoms with Crippen LogP contribution in [0.5, 0.6) is 0 Å². The van der Waals surface area contributed by atoms with Crippen molar-refractivity contribution in [1.29, 1.82) is 0 Å². The van der Waals surface area contributed by atoms with Gasteiger partial charge in [-0.1, -0.05) is 15.9 Å². The summed E-state index contributed by atoms with van der Waals surface area (Å²) >= 11 is 3.25. The Kier molecular flexibility index (Phi) is 4.67. The van der Waals surface area contributed by atoms with E-state index in [9.17, 15) is 13.2 Å². The molecule has 0 saturated carbocycles. The van der Waals surface area contributed by atoms with Crippen molar-refractivity contribution in [3.63, 3.8) is 0 Å². The van der Waals surface area contributed by atoms with Crippen LogP contribution >= 0.6 is 15.9 Å². The van der Waals surface area contributed by atoms with Crippen LogP contribution in [0, 0.1) is 0 Å². The fraction of sp³-hybridized carbons (Fsp3) is 0.300. The smallest absolute Gasteiger partial charge is 0.238 e. The third-order valence-corrected chi connectivity index (χ3v) is 3.45. The molecule has 5 nitrogen and oxygen atoms in total. The molecule has 1 aromatic carbocycles. The van der Waals surface area contributed by atoms with Crippen molar-refractivity contribution in [1.82, 2.24) is 0 Å². The first-order chi connectivity index (χ1) is 7.86. The summed E-state index contributed by atoms with van der Waals surface area (Å²) in [5.74, 6) is -0.104. The lowest BCUT2D eigenvalue weighted by atomic mass is 10.3. The van der Waals surface area contributed by atoms with Gasteiger partial charge in [0.05, 0.1) is 4.90 Å². The molecule has 0 atom stereocenters.